The van der Waals surface area contributed by atoms with Crippen molar-refractivity contribution >= 4 is 29.2 Å². The summed E-state index contributed by atoms with van der Waals surface area (Å²) in [6, 6.07) is 11.5. The van der Waals surface area contributed by atoms with E-state index in [1.165, 1.54) is 11.8 Å². The Hall–Kier alpha value is -3.07. The average Bonchev–Trinajstić information content (AvgIpc) is 3.62. The SMILES string of the molecule is [C-]#[N+]c1c(N2CCOCC2)nc(SC(C(N)=O)c2ccccc2)c(C#N)c1C1CC1. The first-order valence-electron chi connectivity index (χ1n) is 9.83. The topological polar surface area (TPSA) is 96.6 Å². The molecule has 1 unspecified atom stereocenters. The number of thioether (sulfide) groups is 1. The molecule has 2 aliphatic rings. The summed E-state index contributed by atoms with van der Waals surface area (Å²) in [5, 5.41) is 9.75. The standard InChI is InChI=1S/C22H21N5O2S/c1-25-18-17(14-7-8-14)16(13-23)22(26-21(18)27-9-11-29-12-10-27)30-19(20(24)28)15-5-3-2-4-6-15/h2-6,14,19H,7-12H2,(H2,24,28). The third-order valence-corrected chi connectivity index (χ3v) is 6.53. The van der Waals surface area contributed by atoms with Crippen LogP contribution in [-0.2, 0) is 9.53 Å². The highest BCUT2D eigenvalue weighted by Crippen LogP contribution is 2.51. The lowest BCUT2D eigenvalue weighted by Gasteiger charge is -2.30. The van der Waals surface area contributed by atoms with Crippen molar-refractivity contribution in [3.63, 3.8) is 0 Å². The van der Waals surface area contributed by atoms with Crippen molar-refractivity contribution < 1.29 is 9.53 Å². The minimum atomic E-state index is -0.672. The fourth-order valence-corrected chi connectivity index (χ4v) is 4.70. The Labute approximate surface area is 179 Å². The van der Waals surface area contributed by atoms with Crippen molar-refractivity contribution in [3.05, 3.63) is 58.4 Å². The van der Waals surface area contributed by atoms with Crippen LogP contribution in [0.3, 0.4) is 0 Å². The third kappa shape index (κ3) is 3.97. The monoisotopic (exact) mass is 419 g/mol. The number of morpholine rings is 1. The summed E-state index contributed by atoms with van der Waals surface area (Å²) in [4.78, 5) is 22.8. The third-order valence-electron chi connectivity index (χ3n) is 5.27. The predicted octanol–water partition coefficient (Wildman–Crippen LogP) is 3.54. The van der Waals surface area contributed by atoms with Crippen LogP contribution >= 0.6 is 11.8 Å². The molecule has 1 amide bonds. The number of hydrogen-bond donors (Lipinski definition) is 1. The zero-order valence-electron chi connectivity index (χ0n) is 16.4. The highest BCUT2D eigenvalue weighted by Gasteiger charge is 2.35. The van der Waals surface area contributed by atoms with Crippen LogP contribution in [0.2, 0.25) is 0 Å². The van der Waals surface area contributed by atoms with E-state index in [9.17, 15) is 10.1 Å². The zero-order valence-corrected chi connectivity index (χ0v) is 17.2. The fourth-order valence-electron chi connectivity index (χ4n) is 3.66. The van der Waals surface area contributed by atoms with Gasteiger partial charge in [0.1, 0.15) is 22.2 Å². The van der Waals surface area contributed by atoms with E-state index in [0.29, 0.717) is 48.4 Å². The fraction of sp³-hybridized carbons (Fsp3) is 0.364. The maximum Gasteiger partial charge on any atom is 0.235 e. The number of nitrogens with two attached hydrogens (primary N) is 1. The minimum absolute atomic E-state index is 0.189. The molecular weight excluding hydrogens is 398 g/mol. The van der Waals surface area contributed by atoms with Gasteiger partial charge in [-0.2, -0.15) is 5.26 Å². The van der Waals surface area contributed by atoms with Gasteiger partial charge in [-0.3, -0.25) is 4.79 Å². The molecule has 2 heterocycles. The number of pyridine rings is 1. The van der Waals surface area contributed by atoms with E-state index in [4.69, 9.17) is 22.0 Å². The molecule has 2 fully saturated rings. The van der Waals surface area contributed by atoms with Gasteiger partial charge in [0, 0.05) is 13.1 Å². The van der Waals surface area contributed by atoms with Gasteiger partial charge in [-0.25, -0.2) is 9.83 Å². The van der Waals surface area contributed by atoms with Crippen LogP contribution in [0, 0.1) is 17.9 Å². The number of carbonyl (C=O) groups excluding carboxylic acids is 1. The van der Waals surface area contributed by atoms with Gasteiger partial charge in [0.15, 0.2) is 0 Å². The number of primary amides is 1. The van der Waals surface area contributed by atoms with Crippen LogP contribution in [0.15, 0.2) is 35.4 Å². The maximum atomic E-state index is 12.3. The normalized spacial score (nSPS) is 17.1. The number of nitriles is 1. The van der Waals surface area contributed by atoms with E-state index < -0.39 is 11.2 Å². The molecule has 152 valence electrons. The number of ether oxygens (including phenoxy) is 1. The molecule has 2 aromatic rings. The Bertz CT molecular complexity index is 1030. The summed E-state index contributed by atoms with van der Waals surface area (Å²) in [5.74, 6) is 0.273. The molecule has 2 N–H and O–H groups in total. The zero-order chi connectivity index (χ0) is 21.1. The molecule has 1 aromatic carbocycles. The Kier molecular flexibility index (Phi) is 5.89. The average molecular weight is 420 g/mol. The van der Waals surface area contributed by atoms with Crippen molar-refractivity contribution in [2.24, 2.45) is 5.73 Å². The second kappa shape index (κ2) is 8.74. The quantitative estimate of drug-likeness (QED) is 0.568. The molecule has 1 aromatic heterocycles. The highest BCUT2D eigenvalue weighted by molar-refractivity contribution is 8.00. The predicted molar refractivity (Wildman–Crippen MR) is 114 cm³/mol. The summed E-state index contributed by atoms with van der Waals surface area (Å²) in [5.41, 5.74) is 8.09. The van der Waals surface area contributed by atoms with Gasteiger partial charge in [0.2, 0.25) is 11.6 Å². The highest BCUT2D eigenvalue weighted by atomic mass is 32.2. The number of aromatic nitrogens is 1. The van der Waals surface area contributed by atoms with Gasteiger partial charge in [-0.15, -0.1) is 0 Å². The first-order valence-corrected chi connectivity index (χ1v) is 10.7. The molecule has 1 atom stereocenters. The van der Waals surface area contributed by atoms with Crippen LogP contribution in [0.4, 0.5) is 11.5 Å². The van der Waals surface area contributed by atoms with Gasteiger partial charge in [0.05, 0.1) is 25.3 Å². The Morgan fingerprint density at radius 1 is 1.33 bits per heavy atom. The van der Waals surface area contributed by atoms with Crippen molar-refractivity contribution in [2.75, 3.05) is 31.2 Å². The molecule has 30 heavy (non-hydrogen) atoms. The lowest BCUT2D eigenvalue weighted by molar-refractivity contribution is -0.117. The van der Waals surface area contributed by atoms with Crippen molar-refractivity contribution in [1.29, 1.82) is 5.26 Å². The van der Waals surface area contributed by atoms with Crippen molar-refractivity contribution in [3.8, 4) is 6.07 Å². The van der Waals surface area contributed by atoms with Gasteiger partial charge >= 0.3 is 0 Å². The van der Waals surface area contributed by atoms with E-state index in [-0.39, 0.29) is 5.92 Å². The largest absolute Gasteiger partial charge is 0.378 e. The number of carbonyl (C=O) groups is 1. The van der Waals surface area contributed by atoms with Crippen LogP contribution < -0.4 is 10.6 Å². The number of amides is 1. The molecule has 1 aliphatic heterocycles. The second-order valence-electron chi connectivity index (χ2n) is 7.29. The van der Waals surface area contributed by atoms with Crippen molar-refractivity contribution in [2.45, 2.75) is 29.0 Å². The smallest absolute Gasteiger partial charge is 0.235 e. The number of rotatable bonds is 6. The minimum Gasteiger partial charge on any atom is -0.378 e. The molecular formula is C22H21N5O2S. The first kappa shape index (κ1) is 20.2. The van der Waals surface area contributed by atoms with E-state index in [0.717, 1.165) is 24.0 Å². The van der Waals surface area contributed by atoms with Crippen molar-refractivity contribution in [1.82, 2.24) is 4.98 Å². The number of benzene rings is 1. The molecule has 8 heteroatoms. The first-order chi connectivity index (χ1) is 14.6. The number of anilines is 1. The summed E-state index contributed by atoms with van der Waals surface area (Å²) < 4.78 is 5.45. The lowest BCUT2D eigenvalue weighted by atomic mass is 10.0. The molecule has 0 spiro atoms. The molecule has 7 nitrogen and oxygen atoms in total. The maximum absolute atomic E-state index is 12.3. The van der Waals surface area contributed by atoms with E-state index in [2.05, 4.69) is 10.9 Å². The summed E-state index contributed by atoms with van der Waals surface area (Å²) in [7, 11) is 0. The molecule has 0 bridgehead atoms. The Balaban J connectivity index is 1.84. The molecule has 1 saturated carbocycles. The Morgan fingerprint density at radius 3 is 2.60 bits per heavy atom. The van der Waals surface area contributed by atoms with Gasteiger partial charge < -0.3 is 15.4 Å². The summed E-state index contributed by atoms with van der Waals surface area (Å²) >= 11 is 1.19. The van der Waals surface area contributed by atoms with Crippen LogP contribution in [0.1, 0.15) is 40.7 Å². The van der Waals surface area contributed by atoms with Crippen LogP contribution in [0.5, 0.6) is 0 Å². The second-order valence-corrected chi connectivity index (χ2v) is 8.38. The van der Waals surface area contributed by atoms with E-state index in [1.807, 2.05) is 35.2 Å². The van der Waals surface area contributed by atoms with E-state index >= 15 is 0 Å². The van der Waals surface area contributed by atoms with Crippen LogP contribution in [0.25, 0.3) is 4.85 Å². The van der Waals surface area contributed by atoms with E-state index in [1.54, 1.807) is 0 Å². The molecule has 4 rings (SSSR count). The van der Waals surface area contributed by atoms with Gasteiger partial charge in [-0.05, 0) is 29.9 Å². The summed E-state index contributed by atoms with van der Waals surface area (Å²) in [6.45, 7) is 10.2. The summed E-state index contributed by atoms with van der Waals surface area (Å²) in [6.07, 6.45) is 1.90. The molecule has 1 aliphatic carbocycles. The van der Waals surface area contributed by atoms with Crippen LogP contribution in [-0.4, -0.2) is 37.2 Å². The molecule has 1 saturated heterocycles. The Morgan fingerprint density at radius 2 is 2.03 bits per heavy atom. The number of nitrogens with zero attached hydrogens (tertiary/aromatic N) is 4. The van der Waals surface area contributed by atoms with Gasteiger partial charge in [-0.1, -0.05) is 42.1 Å². The molecule has 0 radical (unpaired) electrons. The lowest BCUT2D eigenvalue weighted by Crippen LogP contribution is -2.37. The number of hydrogen-bond acceptors (Lipinski definition) is 6. The van der Waals surface area contributed by atoms with Gasteiger partial charge in [0.25, 0.3) is 0 Å².